The van der Waals surface area contributed by atoms with Crippen molar-refractivity contribution in [1.82, 2.24) is 14.5 Å². The molecule has 35 heavy (non-hydrogen) atoms. The number of amides is 1. The van der Waals surface area contributed by atoms with E-state index in [1.165, 1.54) is 19.1 Å². The summed E-state index contributed by atoms with van der Waals surface area (Å²) in [6, 6.07) is 12.2. The highest BCUT2D eigenvalue weighted by atomic mass is 16.5. The van der Waals surface area contributed by atoms with E-state index in [4.69, 9.17) is 9.47 Å². The number of Topliss-reactive ketones (excluding diaryl/α,β-unsaturated/α-hetero) is 1. The standard InChI is InChI=1S/C26H25N3O6/c1-34-20-10-8-18(9-11-20)23(30)21-22(17-4-6-19(7-5-17)26(33)35-2)29(25(32)24(21)31)14-3-13-28-15-12-27-16-28/h4-12,15-16,22,30H,3,13-14H2,1-2H3/b23-21-. The number of benzene rings is 2. The number of rotatable bonds is 8. The normalized spacial score (nSPS) is 17.0. The first-order valence-corrected chi connectivity index (χ1v) is 11.0. The summed E-state index contributed by atoms with van der Waals surface area (Å²) < 4.78 is 11.8. The highest BCUT2D eigenvalue weighted by Crippen LogP contribution is 2.39. The number of ketones is 1. The van der Waals surface area contributed by atoms with Crippen LogP contribution in [-0.4, -0.2) is 58.0 Å². The average molecular weight is 476 g/mol. The third kappa shape index (κ3) is 4.79. The first-order chi connectivity index (χ1) is 16.9. The van der Waals surface area contributed by atoms with Crippen molar-refractivity contribution in [3.63, 3.8) is 0 Å². The van der Waals surface area contributed by atoms with Crippen LogP contribution in [0.15, 0.2) is 72.8 Å². The van der Waals surface area contributed by atoms with Gasteiger partial charge in [-0.05, 0) is 48.4 Å². The zero-order valence-electron chi connectivity index (χ0n) is 19.4. The molecule has 0 radical (unpaired) electrons. The Bertz CT molecular complexity index is 1250. The first kappa shape index (κ1) is 23.7. The van der Waals surface area contributed by atoms with E-state index in [1.54, 1.807) is 61.1 Å². The molecule has 2 heterocycles. The maximum absolute atomic E-state index is 13.1. The number of carbonyl (C=O) groups is 3. The first-order valence-electron chi connectivity index (χ1n) is 11.0. The minimum atomic E-state index is -0.813. The summed E-state index contributed by atoms with van der Waals surface area (Å²) in [6.45, 7) is 0.890. The van der Waals surface area contributed by atoms with Crippen molar-refractivity contribution in [2.45, 2.75) is 19.0 Å². The number of esters is 1. The molecule has 1 aliphatic rings. The number of hydrogen-bond acceptors (Lipinski definition) is 7. The second-order valence-corrected chi connectivity index (χ2v) is 7.99. The molecule has 0 spiro atoms. The summed E-state index contributed by atoms with van der Waals surface area (Å²) in [7, 11) is 2.82. The number of aromatic nitrogens is 2. The number of ether oxygens (including phenoxy) is 2. The predicted molar refractivity (Wildman–Crippen MR) is 127 cm³/mol. The molecular weight excluding hydrogens is 450 g/mol. The van der Waals surface area contributed by atoms with Gasteiger partial charge in [-0.15, -0.1) is 0 Å². The monoisotopic (exact) mass is 475 g/mol. The molecule has 2 aromatic carbocycles. The summed E-state index contributed by atoms with van der Waals surface area (Å²) in [5.74, 6) is -1.62. The van der Waals surface area contributed by atoms with E-state index in [-0.39, 0.29) is 17.9 Å². The van der Waals surface area contributed by atoms with Gasteiger partial charge in [-0.25, -0.2) is 9.78 Å². The molecule has 9 heteroatoms. The maximum Gasteiger partial charge on any atom is 0.337 e. The molecule has 1 amide bonds. The molecule has 1 fully saturated rings. The number of aliphatic hydroxyl groups is 1. The summed E-state index contributed by atoms with van der Waals surface area (Å²) >= 11 is 0. The van der Waals surface area contributed by atoms with Gasteiger partial charge in [0.1, 0.15) is 11.5 Å². The number of carbonyl (C=O) groups excluding carboxylic acids is 3. The molecule has 0 aliphatic carbocycles. The van der Waals surface area contributed by atoms with Crippen LogP contribution in [0.1, 0.15) is 33.9 Å². The van der Waals surface area contributed by atoms with Gasteiger partial charge in [0.2, 0.25) is 0 Å². The lowest BCUT2D eigenvalue weighted by molar-refractivity contribution is -0.139. The predicted octanol–water partition coefficient (Wildman–Crippen LogP) is 3.19. The largest absolute Gasteiger partial charge is 0.507 e. The molecule has 1 aromatic heterocycles. The van der Waals surface area contributed by atoms with Gasteiger partial charge in [-0.3, -0.25) is 9.59 Å². The Morgan fingerprint density at radius 3 is 2.29 bits per heavy atom. The molecule has 4 rings (SSSR count). The molecule has 1 atom stereocenters. The number of imidazole rings is 1. The van der Waals surface area contributed by atoms with Gasteiger partial charge >= 0.3 is 5.97 Å². The summed E-state index contributed by atoms with van der Waals surface area (Å²) in [6.07, 6.45) is 5.74. The van der Waals surface area contributed by atoms with Gasteiger partial charge in [0.15, 0.2) is 0 Å². The van der Waals surface area contributed by atoms with Crippen LogP contribution in [0.2, 0.25) is 0 Å². The van der Waals surface area contributed by atoms with Crippen LogP contribution >= 0.6 is 0 Å². The third-order valence-corrected chi connectivity index (χ3v) is 5.93. The lowest BCUT2D eigenvalue weighted by atomic mass is 9.94. The minimum absolute atomic E-state index is 0.00591. The zero-order chi connectivity index (χ0) is 24.9. The fourth-order valence-electron chi connectivity index (χ4n) is 4.12. The van der Waals surface area contributed by atoms with Crippen molar-refractivity contribution < 1.29 is 29.0 Å². The quantitative estimate of drug-likeness (QED) is 0.231. The Hall–Kier alpha value is -4.40. The second-order valence-electron chi connectivity index (χ2n) is 7.99. The molecule has 1 N–H and O–H groups in total. The zero-order valence-corrected chi connectivity index (χ0v) is 19.4. The van der Waals surface area contributed by atoms with Gasteiger partial charge < -0.3 is 24.0 Å². The molecule has 0 saturated carbocycles. The van der Waals surface area contributed by atoms with Crippen LogP contribution in [0, 0.1) is 0 Å². The molecule has 1 aliphatic heterocycles. The van der Waals surface area contributed by atoms with Crippen LogP contribution in [0.3, 0.4) is 0 Å². The van der Waals surface area contributed by atoms with E-state index in [2.05, 4.69) is 4.98 Å². The van der Waals surface area contributed by atoms with E-state index in [0.29, 0.717) is 35.4 Å². The molecule has 9 nitrogen and oxygen atoms in total. The SMILES string of the molecule is COC(=O)c1ccc(C2/C(=C(/O)c3ccc(OC)cc3)C(=O)C(=O)N2CCCn2ccnc2)cc1. The lowest BCUT2D eigenvalue weighted by Gasteiger charge is -2.25. The molecule has 180 valence electrons. The van der Waals surface area contributed by atoms with E-state index >= 15 is 0 Å². The topological polar surface area (TPSA) is 111 Å². The van der Waals surface area contributed by atoms with Crippen molar-refractivity contribution in [2.75, 3.05) is 20.8 Å². The summed E-state index contributed by atoms with van der Waals surface area (Å²) in [5, 5.41) is 11.1. The van der Waals surface area contributed by atoms with Crippen molar-refractivity contribution >= 4 is 23.4 Å². The number of methoxy groups -OCH3 is 2. The maximum atomic E-state index is 13.1. The smallest absolute Gasteiger partial charge is 0.337 e. The Balaban J connectivity index is 1.73. The minimum Gasteiger partial charge on any atom is -0.507 e. The van der Waals surface area contributed by atoms with E-state index < -0.39 is 23.7 Å². The van der Waals surface area contributed by atoms with Gasteiger partial charge in [0.25, 0.3) is 11.7 Å². The fraction of sp³-hybridized carbons (Fsp3) is 0.231. The van der Waals surface area contributed by atoms with Gasteiger partial charge in [-0.2, -0.15) is 0 Å². The Labute approximate surface area is 202 Å². The van der Waals surface area contributed by atoms with Gasteiger partial charge in [0.05, 0.1) is 37.7 Å². The number of aliphatic hydroxyl groups excluding tert-OH is 1. The highest BCUT2D eigenvalue weighted by molar-refractivity contribution is 6.46. The lowest BCUT2D eigenvalue weighted by Crippen LogP contribution is -2.31. The van der Waals surface area contributed by atoms with Crippen molar-refractivity contribution in [1.29, 1.82) is 0 Å². The molecule has 3 aromatic rings. The molecule has 1 unspecified atom stereocenters. The highest BCUT2D eigenvalue weighted by Gasteiger charge is 2.45. The number of likely N-dealkylation sites (tertiary alicyclic amines) is 1. The Morgan fingerprint density at radius 2 is 1.69 bits per heavy atom. The van der Waals surface area contributed by atoms with Crippen LogP contribution < -0.4 is 4.74 Å². The Kier molecular flexibility index (Phi) is 6.96. The second kappa shape index (κ2) is 10.3. The van der Waals surface area contributed by atoms with Gasteiger partial charge in [-0.1, -0.05) is 12.1 Å². The van der Waals surface area contributed by atoms with Crippen molar-refractivity contribution in [3.05, 3.63) is 89.5 Å². The Morgan fingerprint density at radius 1 is 1.00 bits per heavy atom. The van der Waals surface area contributed by atoms with Crippen molar-refractivity contribution in [2.24, 2.45) is 0 Å². The van der Waals surface area contributed by atoms with Crippen molar-refractivity contribution in [3.8, 4) is 5.75 Å². The average Bonchev–Trinajstić information content (AvgIpc) is 3.50. The number of aryl methyl sites for hydroxylation is 1. The molecule has 0 bridgehead atoms. The van der Waals surface area contributed by atoms with Gasteiger partial charge in [0, 0.05) is 31.0 Å². The van der Waals surface area contributed by atoms with E-state index in [1.807, 2.05) is 10.8 Å². The van der Waals surface area contributed by atoms with E-state index in [0.717, 1.165) is 0 Å². The van der Waals surface area contributed by atoms with Crippen LogP contribution in [0.5, 0.6) is 5.75 Å². The summed E-state index contributed by atoms with van der Waals surface area (Å²) in [5.41, 5.74) is 1.31. The third-order valence-electron chi connectivity index (χ3n) is 5.93. The number of hydrogen-bond donors (Lipinski definition) is 1. The molecule has 1 saturated heterocycles. The van der Waals surface area contributed by atoms with E-state index in [9.17, 15) is 19.5 Å². The van der Waals surface area contributed by atoms with Crippen LogP contribution in [0.4, 0.5) is 0 Å². The fourth-order valence-corrected chi connectivity index (χ4v) is 4.12. The van der Waals surface area contributed by atoms with Crippen LogP contribution in [0.25, 0.3) is 5.76 Å². The molecular formula is C26H25N3O6. The van der Waals surface area contributed by atoms with Crippen LogP contribution in [-0.2, 0) is 20.9 Å². The summed E-state index contributed by atoms with van der Waals surface area (Å²) in [4.78, 5) is 43.5. The number of nitrogens with zero attached hydrogens (tertiary/aromatic N) is 3.